The second-order valence-corrected chi connectivity index (χ2v) is 3.54. The molecule has 15 heavy (non-hydrogen) atoms. The molecule has 0 fully saturated rings. The molecule has 0 bridgehead atoms. The van der Waals surface area contributed by atoms with Gasteiger partial charge in [-0.25, -0.2) is 14.6 Å². The summed E-state index contributed by atoms with van der Waals surface area (Å²) < 4.78 is 1.70. The molecule has 0 atom stereocenters. The lowest BCUT2D eigenvalue weighted by Crippen LogP contribution is -2.06. The van der Waals surface area contributed by atoms with Crippen molar-refractivity contribution >= 4 is 11.6 Å². The second kappa shape index (κ2) is 3.98. The van der Waals surface area contributed by atoms with E-state index in [-0.39, 0.29) is 0 Å². The molecular weight excluding hydrogens is 212 g/mol. The van der Waals surface area contributed by atoms with E-state index in [1.54, 1.807) is 10.9 Å². The lowest BCUT2D eigenvalue weighted by molar-refractivity contribution is 0.802. The Morgan fingerprint density at radius 1 is 1.40 bits per heavy atom. The van der Waals surface area contributed by atoms with Gasteiger partial charge < -0.3 is 0 Å². The Kier molecular flexibility index (Phi) is 2.68. The smallest absolute Gasteiger partial charge is 0.161 e. The molecule has 0 amide bonds. The summed E-state index contributed by atoms with van der Waals surface area (Å²) in [6, 6.07) is 1.85. The van der Waals surface area contributed by atoms with Crippen LogP contribution in [-0.4, -0.2) is 19.7 Å². The topological polar surface area (TPSA) is 43.6 Å². The first-order valence-corrected chi connectivity index (χ1v) is 5.13. The predicted molar refractivity (Wildman–Crippen MR) is 58.3 cm³/mol. The Labute approximate surface area is 92.9 Å². The summed E-state index contributed by atoms with van der Waals surface area (Å²) in [5.41, 5.74) is 0.845. The van der Waals surface area contributed by atoms with E-state index in [0.29, 0.717) is 5.15 Å². The molecule has 4 nitrogen and oxygen atoms in total. The maximum absolute atomic E-state index is 6.02. The SMILES string of the molecule is CCc1nc(Cl)c(C)c(-n2cccn2)n1. The zero-order chi connectivity index (χ0) is 10.8. The molecular formula is C10H11ClN4. The fourth-order valence-electron chi connectivity index (χ4n) is 1.30. The number of aromatic nitrogens is 4. The van der Waals surface area contributed by atoms with E-state index in [0.717, 1.165) is 23.6 Å². The first-order valence-electron chi connectivity index (χ1n) is 4.75. The summed E-state index contributed by atoms with van der Waals surface area (Å²) in [4.78, 5) is 8.57. The van der Waals surface area contributed by atoms with Crippen LogP contribution >= 0.6 is 11.6 Å². The highest BCUT2D eigenvalue weighted by molar-refractivity contribution is 6.30. The molecule has 0 saturated carbocycles. The molecule has 0 radical (unpaired) electrons. The van der Waals surface area contributed by atoms with Gasteiger partial charge in [-0.05, 0) is 13.0 Å². The van der Waals surface area contributed by atoms with Crippen molar-refractivity contribution in [3.8, 4) is 5.82 Å². The molecule has 0 N–H and O–H groups in total. The Balaban J connectivity index is 2.60. The van der Waals surface area contributed by atoms with Gasteiger partial charge in [-0.3, -0.25) is 0 Å². The van der Waals surface area contributed by atoms with E-state index in [2.05, 4.69) is 15.1 Å². The standard InChI is InChI=1S/C10H11ClN4/c1-3-8-13-9(11)7(2)10(14-8)15-6-4-5-12-15/h4-6H,3H2,1-2H3. The normalized spacial score (nSPS) is 10.6. The quantitative estimate of drug-likeness (QED) is 0.732. The second-order valence-electron chi connectivity index (χ2n) is 3.18. The number of hydrogen-bond donors (Lipinski definition) is 0. The van der Waals surface area contributed by atoms with Gasteiger partial charge in [0.25, 0.3) is 0 Å². The van der Waals surface area contributed by atoms with Crippen LogP contribution < -0.4 is 0 Å². The van der Waals surface area contributed by atoms with Gasteiger partial charge in [0.15, 0.2) is 5.82 Å². The third-order valence-corrected chi connectivity index (χ3v) is 2.51. The van der Waals surface area contributed by atoms with Crippen LogP contribution in [0.1, 0.15) is 18.3 Å². The summed E-state index contributed by atoms with van der Waals surface area (Å²) in [7, 11) is 0. The molecule has 2 aromatic rings. The number of nitrogens with zero attached hydrogens (tertiary/aromatic N) is 4. The largest absolute Gasteiger partial charge is 0.222 e. The van der Waals surface area contributed by atoms with E-state index in [4.69, 9.17) is 11.6 Å². The summed E-state index contributed by atoms with van der Waals surface area (Å²) in [6.45, 7) is 3.88. The fraction of sp³-hybridized carbons (Fsp3) is 0.300. The lowest BCUT2D eigenvalue weighted by Gasteiger charge is -2.07. The van der Waals surface area contributed by atoms with Crippen molar-refractivity contribution in [1.82, 2.24) is 19.7 Å². The van der Waals surface area contributed by atoms with Crippen molar-refractivity contribution in [2.24, 2.45) is 0 Å². The van der Waals surface area contributed by atoms with Crippen molar-refractivity contribution in [3.63, 3.8) is 0 Å². The average Bonchev–Trinajstić information content (AvgIpc) is 2.75. The molecule has 0 aliphatic heterocycles. The van der Waals surface area contributed by atoms with Gasteiger partial charge in [0.05, 0.1) is 0 Å². The Hall–Kier alpha value is -1.42. The zero-order valence-electron chi connectivity index (χ0n) is 8.61. The van der Waals surface area contributed by atoms with Gasteiger partial charge in [-0.2, -0.15) is 5.10 Å². The minimum atomic E-state index is 0.493. The molecule has 0 spiro atoms. The molecule has 2 aromatic heterocycles. The Morgan fingerprint density at radius 3 is 2.80 bits per heavy atom. The maximum Gasteiger partial charge on any atom is 0.161 e. The van der Waals surface area contributed by atoms with Crippen LogP contribution in [0.15, 0.2) is 18.5 Å². The van der Waals surface area contributed by atoms with Crippen LogP contribution in [0.25, 0.3) is 5.82 Å². The van der Waals surface area contributed by atoms with Crippen molar-refractivity contribution < 1.29 is 0 Å². The van der Waals surface area contributed by atoms with Crippen LogP contribution in [0.3, 0.4) is 0 Å². The molecule has 0 aliphatic carbocycles. The Bertz CT molecular complexity index is 465. The Morgan fingerprint density at radius 2 is 2.20 bits per heavy atom. The van der Waals surface area contributed by atoms with Gasteiger partial charge in [-0.1, -0.05) is 18.5 Å². The first-order chi connectivity index (χ1) is 7.22. The van der Waals surface area contributed by atoms with E-state index >= 15 is 0 Å². The molecule has 0 saturated heterocycles. The van der Waals surface area contributed by atoms with Crippen LogP contribution in [0.2, 0.25) is 5.15 Å². The van der Waals surface area contributed by atoms with E-state index < -0.39 is 0 Å². The predicted octanol–water partition coefficient (Wildman–Crippen LogP) is 2.19. The number of halogens is 1. The lowest BCUT2D eigenvalue weighted by atomic mass is 10.3. The summed E-state index contributed by atoms with van der Waals surface area (Å²) in [6.07, 6.45) is 4.31. The third kappa shape index (κ3) is 1.85. The summed E-state index contributed by atoms with van der Waals surface area (Å²) >= 11 is 6.02. The van der Waals surface area contributed by atoms with Gasteiger partial charge in [0.2, 0.25) is 0 Å². The van der Waals surface area contributed by atoms with Crippen molar-refractivity contribution in [3.05, 3.63) is 35.0 Å². The molecule has 78 valence electrons. The van der Waals surface area contributed by atoms with Gasteiger partial charge in [0, 0.05) is 24.4 Å². The fourth-order valence-corrected chi connectivity index (χ4v) is 1.48. The third-order valence-electron chi connectivity index (χ3n) is 2.14. The minimum Gasteiger partial charge on any atom is -0.222 e. The van der Waals surface area contributed by atoms with Gasteiger partial charge >= 0.3 is 0 Å². The van der Waals surface area contributed by atoms with Gasteiger partial charge in [0.1, 0.15) is 11.0 Å². The highest BCUT2D eigenvalue weighted by Crippen LogP contribution is 2.18. The molecule has 0 unspecified atom stereocenters. The monoisotopic (exact) mass is 222 g/mol. The van der Waals surface area contributed by atoms with Gasteiger partial charge in [-0.15, -0.1) is 0 Å². The summed E-state index contributed by atoms with van der Waals surface area (Å²) in [5.74, 6) is 1.48. The van der Waals surface area contributed by atoms with Crippen molar-refractivity contribution in [1.29, 1.82) is 0 Å². The highest BCUT2D eigenvalue weighted by atomic mass is 35.5. The number of aryl methyl sites for hydroxylation is 1. The van der Waals surface area contributed by atoms with E-state index in [1.165, 1.54) is 0 Å². The van der Waals surface area contributed by atoms with Crippen LogP contribution in [0.4, 0.5) is 0 Å². The van der Waals surface area contributed by atoms with Crippen molar-refractivity contribution in [2.75, 3.05) is 0 Å². The van der Waals surface area contributed by atoms with Crippen LogP contribution in [-0.2, 0) is 6.42 Å². The van der Waals surface area contributed by atoms with Crippen LogP contribution in [0, 0.1) is 6.92 Å². The number of hydrogen-bond acceptors (Lipinski definition) is 3. The average molecular weight is 223 g/mol. The highest BCUT2D eigenvalue weighted by Gasteiger charge is 2.09. The molecule has 5 heteroatoms. The minimum absolute atomic E-state index is 0.493. The van der Waals surface area contributed by atoms with E-state index in [1.807, 2.05) is 26.1 Å². The summed E-state index contributed by atoms with van der Waals surface area (Å²) in [5, 5.41) is 4.62. The molecule has 0 aliphatic rings. The first kappa shape index (κ1) is 10.1. The zero-order valence-corrected chi connectivity index (χ0v) is 9.36. The maximum atomic E-state index is 6.02. The van der Waals surface area contributed by atoms with Crippen LogP contribution in [0.5, 0.6) is 0 Å². The number of rotatable bonds is 2. The molecule has 0 aromatic carbocycles. The van der Waals surface area contributed by atoms with E-state index in [9.17, 15) is 0 Å². The molecule has 2 rings (SSSR count). The van der Waals surface area contributed by atoms with Crippen molar-refractivity contribution in [2.45, 2.75) is 20.3 Å². The molecule has 2 heterocycles.